The number of hydrogen-bond donors (Lipinski definition) is 1. The molecular formula is C13H23N3O2. The molecule has 1 aliphatic carbocycles. The largest absolute Gasteiger partial charge is 0.383 e. The van der Waals surface area contributed by atoms with Gasteiger partial charge in [-0.3, -0.25) is 4.79 Å². The normalized spacial score (nSPS) is 17.4. The lowest BCUT2D eigenvalue weighted by molar-refractivity contribution is -0.142. The van der Waals surface area contributed by atoms with Crippen LogP contribution in [0.3, 0.4) is 0 Å². The Labute approximate surface area is 109 Å². The van der Waals surface area contributed by atoms with Crippen molar-refractivity contribution in [2.45, 2.75) is 32.1 Å². The van der Waals surface area contributed by atoms with E-state index in [1.807, 2.05) is 0 Å². The van der Waals surface area contributed by atoms with Crippen LogP contribution in [0.5, 0.6) is 0 Å². The van der Waals surface area contributed by atoms with E-state index in [1.54, 1.807) is 12.0 Å². The number of carbonyl (C=O) groups is 1. The molecular weight excluding hydrogens is 230 g/mol. The van der Waals surface area contributed by atoms with Crippen LogP contribution < -0.4 is 5.73 Å². The van der Waals surface area contributed by atoms with Crippen molar-refractivity contribution in [2.75, 3.05) is 33.4 Å². The monoisotopic (exact) mass is 253 g/mol. The molecule has 18 heavy (non-hydrogen) atoms. The zero-order valence-corrected chi connectivity index (χ0v) is 11.2. The van der Waals surface area contributed by atoms with E-state index >= 15 is 0 Å². The van der Waals surface area contributed by atoms with Crippen molar-refractivity contribution in [3.05, 3.63) is 0 Å². The molecule has 5 nitrogen and oxygen atoms in total. The van der Waals surface area contributed by atoms with Crippen molar-refractivity contribution in [3.63, 3.8) is 0 Å². The number of rotatable bonds is 7. The topological polar surface area (TPSA) is 79.3 Å². The molecule has 1 amide bonds. The molecule has 0 saturated heterocycles. The number of nitrogens with zero attached hydrogens (tertiary/aromatic N) is 2. The summed E-state index contributed by atoms with van der Waals surface area (Å²) in [7, 11) is 1.61. The molecule has 0 aromatic heterocycles. The summed E-state index contributed by atoms with van der Waals surface area (Å²) in [6.07, 6.45) is 4.24. The molecule has 1 rings (SSSR count). The first-order valence-corrected chi connectivity index (χ1v) is 6.55. The SMILES string of the molecule is COCCN(CCC#N)C(=O)C1(CN)CCCC1. The summed E-state index contributed by atoms with van der Waals surface area (Å²) < 4.78 is 5.02. The molecule has 0 bridgehead atoms. The molecule has 5 heteroatoms. The third-order valence-electron chi connectivity index (χ3n) is 3.75. The highest BCUT2D eigenvalue weighted by molar-refractivity contribution is 5.83. The highest BCUT2D eigenvalue weighted by Crippen LogP contribution is 2.38. The fourth-order valence-electron chi connectivity index (χ4n) is 2.59. The van der Waals surface area contributed by atoms with E-state index in [9.17, 15) is 4.79 Å². The van der Waals surface area contributed by atoms with Gasteiger partial charge in [-0.2, -0.15) is 5.26 Å². The van der Waals surface area contributed by atoms with Gasteiger partial charge in [0.2, 0.25) is 5.91 Å². The van der Waals surface area contributed by atoms with Gasteiger partial charge < -0.3 is 15.4 Å². The standard InChI is InChI=1S/C13H23N3O2/c1-18-10-9-16(8-4-7-14)12(17)13(11-15)5-2-3-6-13/h2-6,8-11,15H2,1H3. The number of hydrogen-bond acceptors (Lipinski definition) is 4. The fourth-order valence-corrected chi connectivity index (χ4v) is 2.59. The van der Waals surface area contributed by atoms with Crippen LogP contribution in [0.15, 0.2) is 0 Å². The number of nitriles is 1. The van der Waals surface area contributed by atoms with Crippen molar-refractivity contribution < 1.29 is 9.53 Å². The summed E-state index contributed by atoms with van der Waals surface area (Å²) in [6.45, 7) is 1.92. The second-order valence-corrected chi connectivity index (χ2v) is 4.88. The zero-order valence-electron chi connectivity index (χ0n) is 11.2. The minimum absolute atomic E-state index is 0.106. The maximum absolute atomic E-state index is 12.6. The van der Waals surface area contributed by atoms with Gasteiger partial charge in [0.05, 0.1) is 24.5 Å². The molecule has 0 aliphatic heterocycles. The van der Waals surface area contributed by atoms with Crippen LogP contribution in [0.25, 0.3) is 0 Å². The number of amides is 1. The van der Waals surface area contributed by atoms with Gasteiger partial charge in [-0.15, -0.1) is 0 Å². The molecule has 0 radical (unpaired) electrons. The summed E-state index contributed by atoms with van der Waals surface area (Å²) in [6, 6.07) is 2.08. The number of carbonyl (C=O) groups excluding carboxylic acids is 1. The first-order valence-electron chi connectivity index (χ1n) is 6.55. The summed E-state index contributed by atoms with van der Waals surface area (Å²) in [5.41, 5.74) is 5.44. The van der Waals surface area contributed by atoms with Crippen molar-refractivity contribution in [1.82, 2.24) is 4.90 Å². The van der Waals surface area contributed by atoms with Crippen molar-refractivity contribution in [3.8, 4) is 6.07 Å². The molecule has 0 unspecified atom stereocenters. The predicted molar refractivity (Wildman–Crippen MR) is 68.6 cm³/mol. The van der Waals surface area contributed by atoms with Gasteiger partial charge in [0, 0.05) is 26.7 Å². The lowest BCUT2D eigenvalue weighted by Crippen LogP contribution is -2.48. The van der Waals surface area contributed by atoms with Gasteiger partial charge in [-0.25, -0.2) is 0 Å². The van der Waals surface area contributed by atoms with Crippen LogP contribution in [0.4, 0.5) is 0 Å². The quantitative estimate of drug-likeness (QED) is 0.731. The number of nitrogens with two attached hydrogens (primary N) is 1. The van der Waals surface area contributed by atoms with Gasteiger partial charge in [-0.1, -0.05) is 12.8 Å². The smallest absolute Gasteiger partial charge is 0.230 e. The van der Waals surface area contributed by atoms with Crippen LogP contribution in [0.2, 0.25) is 0 Å². The third kappa shape index (κ3) is 3.44. The van der Waals surface area contributed by atoms with Crippen molar-refractivity contribution in [1.29, 1.82) is 5.26 Å². The molecule has 0 atom stereocenters. The summed E-state index contributed by atoms with van der Waals surface area (Å²) in [5, 5.41) is 8.67. The van der Waals surface area contributed by atoms with Crippen LogP contribution in [0, 0.1) is 16.7 Å². The minimum Gasteiger partial charge on any atom is -0.383 e. The number of methoxy groups -OCH3 is 1. The molecule has 102 valence electrons. The van der Waals surface area contributed by atoms with Gasteiger partial charge in [0.15, 0.2) is 0 Å². The molecule has 0 heterocycles. The maximum Gasteiger partial charge on any atom is 0.230 e. The van der Waals surface area contributed by atoms with E-state index in [0.717, 1.165) is 25.7 Å². The molecule has 2 N–H and O–H groups in total. The summed E-state index contributed by atoms with van der Waals surface area (Å²) in [4.78, 5) is 14.3. The Hall–Kier alpha value is -1.12. The van der Waals surface area contributed by atoms with E-state index < -0.39 is 0 Å². The second kappa shape index (κ2) is 7.34. The molecule has 1 fully saturated rings. The van der Waals surface area contributed by atoms with E-state index in [4.69, 9.17) is 15.7 Å². The Morgan fingerprint density at radius 2 is 2.11 bits per heavy atom. The first-order chi connectivity index (χ1) is 8.70. The summed E-state index contributed by atoms with van der Waals surface area (Å²) in [5.74, 6) is 0.106. The van der Waals surface area contributed by atoms with Crippen LogP contribution in [-0.4, -0.2) is 44.2 Å². The third-order valence-corrected chi connectivity index (χ3v) is 3.75. The van der Waals surface area contributed by atoms with Gasteiger partial charge in [0.25, 0.3) is 0 Å². The average molecular weight is 253 g/mol. The molecule has 1 saturated carbocycles. The Balaban J connectivity index is 2.70. The zero-order chi connectivity index (χ0) is 13.4. The second-order valence-electron chi connectivity index (χ2n) is 4.88. The average Bonchev–Trinajstić information content (AvgIpc) is 2.88. The Kier molecular flexibility index (Phi) is 6.10. The van der Waals surface area contributed by atoms with Gasteiger partial charge >= 0.3 is 0 Å². The molecule has 1 aliphatic rings. The first kappa shape index (κ1) is 14.9. The molecule has 0 aromatic carbocycles. The minimum atomic E-state index is -0.386. The number of ether oxygens (including phenoxy) is 1. The van der Waals surface area contributed by atoms with E-state index in [2.05, 4.69) is 6.07 Å². The van der Waals surface area contributed by atoms with Crippen LogP contribution >= 0.6 is 0 Å². The Morgan fingerprint density at radius 1 is 1.44 bits per heavy atom. The van der Waals surface area contributed by atoms with E-state index in [0.29, 0.717) is 32.7 Å². The maximum atomic E-state index is 12.6. The fraction of sp³-hybridized carbons (Fsp3) is 0.846. The highest BCUT2D eigenvalue weighted by Gasteiger charge is 2.42. The Morgan fingerprint density at radius 3 is 2.61 bits per heavy atom. The van der Waals surface area contributed by atoms with Crippen molar-refractivity contribution >= 4 is 5.91 Å². The molecule has 0 aromatic rings. The van der Waals surface area contributed by atoms with E-state index in [1.165, 1.54) is 0 Å². The van der Waals surface area contributed by atoms with Crippen molar-refractivity contribution in [2.24, 2.45) is 11.1 Å². The van der Waals surface area contributed by atoms with Crippen LogP contribution in [0.1, 0.15) is 32.1 Å². The van der Waals surface area contributed by atoms with E-state index in [-0.39, 0.29) is 11.3 Å². The van der Waals surface area contributed by atoms with Crippen LogP contribution in [-0.2, 0) is 9.53 Å². The summed E-state index contributed by atoms with van der Waals surface area (Å²) >= 11 is 0. The van der Waals surface area contributed by atoms with Gasteiger partial charge in [0.1, 0.15) is 0 Å². The van der Waals surface area contributed by atoms with Gasteiger partial charge in [-0.05, 0) is 12.8 Å². The lowest BCUT2D eigenvalue weighted by atomic mass is 9.84. The predicted octanol–water partition coefficient (Wildman–Crippen LogP) is 0.894. The lowest BCUT2D eigenvalue weighted by Gasteiger charge is -2.33. The Bertz CT molecular complexity index is 306. The molecule has 0 spiro atoms. The highest BCUT2D eigenvalue weighted by atomic mass is 16.5.